The van der Waals surface area contributed by atoms with Crippen LogP contribution in [0, 0.1) is 17.0 Å². The first-order valence-corrected chi connectivity index (χ1v) is 11.2. The highest BCUT2D eigenvalue weighted by Crippen LogP contribution is 2.30. The minimum atomic E-state index is -0.505. The topological polar surface area (TPSA) is 120 Å². The number of carbonyl (C=O) groups is 2. The SMILES string of the molecule is CCCOCCNC(=O)c1ccc(C)nc1C1CCN(C(=O)c2cc([N+](=O)[O-])cn2C)CC1. The number of rotatable bonds is 9. The van der Waals surface area contributed by atoms with Gasteiger partial charge in [-0.3, -0.25) is 24.7 Å². The molecule has 1 aliphatic heterocycles. The van der Waals surface area contributed by atoms with Crippen LogP contribution in [0.5, 0.6) is 0 Å². The summed E-state index contributed by atoms with van der Waals surface area (Å²) in [6.45, 7) is 6.47. The Labute approximate surface area is 193 Å². The Morgan fingerprint density at radius 3 is 2.64 bits per heavy atom. The molecule has 0 aromatic carbocycles. The molecule has 0 aliphatic carbocycles. The zero-order valence-electron chi connectivity index (χ0n) is 19.4. The lowest BCUT2D eigenvalue weighted by Gasteiger charge is -2.32. The van der Waals surface area contributed by atoms with E-state index in [1.165, 1.54) is 16.8 Å². The van der Waals surface area contributed by atoms with Crippen LogP contribution in [0.3, 0.4) is 0 Å². The quantitative estimate of drug-likeness (QED) is 0.351. The number of piperidine rings is 1. The average molecular weight is 458 g/mol. The number of pyridine rings is 1. The highest BCUT2D eigenvalue weighted by molar-refractivity contribution is 5.95. The van der Waals surface area contributed by atoms with Crippen molar-refractivity contribution in [1.82, 2.24) is 19.8 Å². The molecule has 0 atom stereocenters. The molecule has 2 aromatic heterocycles. The highest BCUT2D eigenvalue weighted by atomic mass is 16.6. The van der Waals surface area contributed by atoms with E-state index in [2.05, 4.69) is 10.3 Å². The van der Waals surface area contributed by atoms with Crippen molar-refractivity contribution in [1.29, 1.82) is 0 Å². The summed E-state index contributed by atoms with van der Waals surface area (Å²) < 4.78 is 6.91. The van der Waals surface area contributed by atoms with E-state index in [1.54, 1.807) is 18.0 Å². The number of amides is 2. The molecular weight excluding hydrogens is 426 g/mol. The molecule has 0 spiro atoms. The minimum absolute atomic E-state index is 0.0498. The Kier molecular flexibility index (Phi) is 8.16. The minimum Gasteiger partial charge on any atom is -0.380 e. The fraction of sp³-hybridized carbons (Fsp3) is 0.522. The molecule has 10 nitrogen and oxygen atoms in total. The van der Waals surface area contributed by atoms with Crippen molar-refractivity contribution < 1.29 is 19.2 Å². The molecule has 1 fully saturated rings. The summed E-state index contributed by atoms with van der Waals surface area (Å²) in [7, 11) is 1.63. The molecule has 3 rings (SSSR count). The lowest BCUT2D eigenvalue weighted by molar-refractivity contribution is -0.384. The number of carbonyl (C=O) groups excluding carboxylic acids is 2. The molecule has 0 unspecified atom stereocenters. The first kappa shape index (κ1) is 24.4. The number of likely N-dealkylation sites (tertiary alicyclic amines) is 1. The third-order valence-electron chi connectivity index (χ3n) is 5.78. The Hall–Kier alpha value is -3.27. The van der Waals surface area contributed by atoms with E-state index in [1.807, 2.05) is 19.9 Å². The Balaban J connectivity index is 1.65. The first-order valence-electron chi connectivity index (χ1n) is 11.2. The van der Waals surface area contributed by atoms with Crippen LogP contribution in [0.1, 0.15) is 64.3 Å². The zero-order chi connectivity index (χ0) is 24.0. The number of nitrogens with zero attached hydrogens (tertiary/aromatic N) is 4. The zero-order valence-corrected chi connectivity index (χ0v) is 19.4. The smallest absolute Gasteiger partial charge is 0.287 e. The summed E-state index contributed by atoms with van der Waals surface area (Å²) in [6.07, 6.45) is 3.60. The predicted octanol–water partition coefficient (Wildman–Crippen LogP) is 2.81. The Morgan fingerprint density at radius 2 is 2.00 bits per heavy atom. The summed E-state index contributed by atoms with van der Waals surface area (Å²) in [6, 6.07) is 4.94. The predicted molar refractivity (Wildman–Crippen MR) is 122 cm³/mol. The molecular formula is C23H31N5O5. The van der Waals surface area contributed by atoms with Crippen molar-refractivity contribution in [3.63, 3.8) is 0 Å². The van der Waals surface area contributed by atoms with Crippen LogP contribution in [-0.2, 0) is 11.8 Å². The normalized spacial score (nSPS) is 14.3. The van der Waals surface area contributed by atoms with E-state index in [9.17, 15) is 19.7 Å². The number of hydrogen-bond donors (Lipinski definition) is 1. The van der Waals surface area contributed by atoms with Crippen molar-refractivity contribution in [3.8, 4) is 0 Å². The Morgan fingerprint density at radius 1 is 1.27 bits per heavy atom. The number of nitro groups is 1. The van der Waals surface area contributed by atoms with Crippen LogP contribution >= 0.6 is 0 Å². The molecule has 0 bridgehead atoms. The molecule has 2 aromatic rings. The van der Waals surface area contributed by atoms with Crippen LogP contribution in [-0.4, -0.2) is 64.0 Å². The van der Waals surface area contributed by atoms with Gasteiger partial charge in [-0.2, -0.15) is 0 Å². The molecule has 10 heteroatoms. The summed E-state index contributed by atoms with van der Waals surface area (Å²) in [5, 5.41) is 13.9. The van der Waals surface area contributed by atoms with E-state index in [0.29, 0.717) is 56.9 Å². The first-order chi connectivity index (χ1) is 15.8. The van der Waals surface area contributed by atoms with Gasteiger partial charge < -0.3 is 19.5 Å². The number of ether oxygens (including phenoxy) is 1. The van der Waals surface area contributed by atoms with Gasteiger partial charge in [0, 0.05) is 51.0 Å². The van der Waals surface area contributed by atoms with Gasteiger partial charge in [0.2, 0.25) is 0 Å². The molecule has 0 saturated carbocycles. The van der Waals surface area contributed by atoms with Gasteiger partial charge in [-0.15, -0.1) is 0 Å². The van der Waals surface area contributed by atoms with Gasteiger partial charge >= 0.3 is 0 Å². The van der Waals surface area contributed by atoms with Crippen LogP contribution in [0.4, 0.5) is 5.69 Å². The van der Waals surface area contributed by atoms with Crippen LogP contribution in [0.15, 0.2) is 24.4 Å². The maximum atomic E-state index is 12.9. The monoisotopic (exact) mass is 457 g/mol. The fourth-order valence-corrected chi connectivity index (χ4v) is 4.04. The lowest BCUT2D eigenvalue weighted by atomic mass is 9.89. The van der Waals surface area contributed by atoms with Gasteiger partial charge in [0.25, 0.3) is 17.5 Å². The molecule has 2 amide bonds. The van der Waals surface area contributed by atoms with Crippen molar-refractivity contribution in [2.24, 2.45) is 7.05 Å². The second-order valence-electron chi connectivity index (χ2n) is 8.27. The van der Waals surface area contributed by atoms with Gasteiger partial charge in [-0.25, -0.2) is 0 Å². The van der Waals surface area contributed by atoms with Crippen LogP contribution in [0.2, 0.25) is 0 Å². The second kappa shape index (κ2) is 11.0. The van der Waals surface area contributed by atoms with E-state index >= 15 is 0 Å². The van der Waals surface area contributed by atoms with E-state index < -0.39 is 4.92 Å². The third-order valence-corrected chi connectivity index (χ3v) is 5.78. The number of aryl methyl sites for hydroxylation is 2. The van der Waals surface area contributed by atoms with Crippen molar-refractivity contribution >= 4 is 17.5 Å². The Bertz CT molecular complexity index is 1010. The fourth-order valence-electron chi connectivity index (χ4n) is 4.04. The van der Waals surface area contributed by atoms with Gasteiger partial charge in [-0.1, -0.05) is 6.92 Å². The third kappa shape index (κ3) is 5.95. The van der Waals surface area contributed by atoms with E-state index in [4.69, 9.17) is 4.74 Å². The molecule has 3 heterocycles. The van der Waals surface area contributed by atoms with E-state index in [-0.39, 0.29) is 23.4 Å². The van der Waals surface area contributed by atoms with Gasteiger partial charge in [-0.05, 0) is 38.3 Å². The van der Waals surface area contributed by atoms with Crippen molar-refractivity contribution in [3.05, 3.63) is 57.2 Å². The lowest BCUT2D eigenvalue weighted by Crippen LogP contribution is -2.39. The highest BCUT2D eigenvalue weighted by Gasteiger charge is 2.30. The average Bonchev–Trinajstić information content (AvgIpc) is 3.20. The van der Waals surface area contributed by atoms with E-state index in [0.717, 1.165) is 17.8 Å². The summed E-state index contributed by atoms with van der Waals surface area (Å²) >= 11 is 0. The van der Waals surface area contributed by atoms with Gasteiger partial charge in [0.15, 0.2) is 0 Å². The number of hydrogen-bond acceptors (Lipinski definition) is 6. The maximum Gasteiger partial charge on any atom is 0.287 e. The second-order valence-corrected chi connectivity index (χ2v) is 8.27. The molecule has 1 aliphatic rings. The van der Waals surface area contributed by atoms with Crippen LogP contribution < -0.4 is 5.32 Å². The molecule has 33 heavy (non-hydrogen) atoms. The van der Waals surface area contributed by atoms with Crippen molar-refractivity contribution in [2.75, 3.05) is 32.8 Å². The number of aromatic nitrogens is 2. The maximum absolute atomic E-state index is 12.9. The summed E-state index contributed by atoms with van der Waals surface area (Å²) in [4.78, 5) is 42.6. The summed E-state index contributed by atoms with van der Waals surface area (Å²) in [5.74, 6) is -0.354. The van der Waals surface area contributed by atoms with Gasteiger partial charge in [0.1, 0.15) is 5.69 Å². The van der Waals surface area contributed by atoms with Crippen LogP contribution in [0.25, 0.3) is 0 Å². The standard InChI is InChI=1S/C23H31N5O5/c1-4-12-33-13-9-24-22(29)19-6-5-16(2)25-21(19)17-7-10-27(11-8-17)23(30)20-14-18(28(31)32)15-26(20)3/h5-6,14-15,17H,4,7-13H2,1-3H3,(H,24,29). The molecule has 0 radical (unpaired) electrons. The largest absolute Gasteiger partial charge is 0.380 e. The van der Waals surface area contributed by atoms with Gasteiger partial charge in [0.05, 0.1) is 29.0 Å². The molecule has 1 N–H and O–H groups in total. The number of nitrogens with one attached hydrogen (secondary N) is 1. The van der Waals surface area contributed by atoms with Crippen molar-refractivity contribution in [2.45, 2.75) is 39.0 Å². The summed E-state index contributed by atoms with van der Waals surface area (Å²) in [5.41, 5.74) is 2.33. The molecule has 1 saturated heterocycles. The molecule has 178 valence electrons.